The quantitative estimate of drug-likeness (QED) is 0.603. The summed E-state index contributed by atoms with van der Waals surface area (Å²) in [6, 6.07) is 8.62. The molecule has 0 spiro atoms. The molecule has 0 saturated carbocycles. The maximum absolute atomic E-state index is 3.32. The molecule has 1 rings (SSSR count). The van der Waals surface area contributed by atoms with Crippen LogP contribution in [0.2, 0.25) is 0 Å². The van der Waals surface area contributed by atoms with Crippen molar-refractivity contribution in [2.45, 2.75) is 25.3 Å². The Morgan fingerprint density at radius 2 is 2.27 bits per heavy atom. The summed E-state index contributed by atoms with van der Waals surface area (Å²) in [5, 5.41) is 3.32. The molecule has 1 N–H and O–H groups in total. The van der Waals surface area contributed by atoms with Crippen molar-refractivity contribution in [2.75, 3.05) is 12.3 Å². The second-order valence-corrected chi connectivity index (χ2v) is 4.19. The first-order chi connectivity index (χ1) is 7.36. The van der Waals surface area contributed by atoms with Crippen molar-refractivity contribution in [3.8, 4) is 11.8 Å². The van der Waals surface area contributed by atoms with Crippen LogP contribution in [0, 0.1) is 11.8 Å². The summed E-state index contributed by atoms with van der Waals surface area (Å²) in [7, 11) is 0. The summed E-state index contributed by atoms with van der Waals surface area (Å²) >= 11 is 1.79. The largest absolute Gasteiger partial charge is 0.313 e. The number of rotatable bonds is 5. The van der Waals surface area contributed by atoms with E-state index in [2.05, 4.69) is 48.3 Å². The van der Waals surface area contributed by atoms with Crippen LogP contribution in [-0.4, -0.2) is 12.3 Å². The van der Waals surface area contributed by atoms with Crippen molar-refractivity contribution in [1.29, 1.82) is 0 Å². The van der Waals surface area contributed by atoms with Gasteiger partial charge in [-0.1, -0.05) is 25.0 Å². The highest BCUT2D eigenvalue weighted by atomic mass is 32.2. The Morgan fingerprint density at radius 1 is 1.40 bits per heavy atom. The van der Waals surface area contributed by atoms with Gasteiger partial charge in [-0.3, -0.25) is 0 Å². The van der Waals surface area contributed by atoms with Crippen molar-refractivity contribution < 1.29 is 0 Å². The Balaban J connectivity index is 2.52. The van der Waals surface area contributed by atoms with E-state index in [1.807, 2.05) is 6.92 Å². The molecule has 0 bridgehead atoms. The number of thioether (sulfide) groups is 1. The fraction of sp³-hybridized carbons (Fsp3) is 0.385. The van der Waals surface area contributed by atoms with E-state index in [1.54, 1.807) is 11.8 Å². The fourth-order valence-electron chi connectivity index (χ4n) is 1.21. The average molecular weight is 219 g/mol. The summed E-state index contributed by atoms with van der Waals surface area (Å²) < 4.78 is 0. The van der Waals surface area contributed by atoms with Crippen molar-refractivity contribution >= 4 is 11.8 Å². The van der Waals surface area contributed by atoms with Crippen LogP contribution >= 0.6 is 11.8 Å². The lowest BCUT2D eigenvalue weighted by atomic mass is 10.2. The third-order valence-corrected chi connectivity index (χ3v) is 2.84. The van der Waals surface area contributed by atoms with Gasteiger partial charge in [0, 0.05) is 11.4 Å². The molecule has 1 nitrogen and oxygen atoms in total. The normalized spacial score (nSPS) is 9.47. The maximum Gasteiger partial charge on any atom is 0.0594 e. The fourth-order valence-corrected chi connectivity index (χ4v) is 2.00. The van der Waals surface area contributed by atoms with Crippen LogP contribution in [0.1, 0.15) is 19.4 Å². The topological polar surface area (TPSA) is 12.0 Å². The average Bonchev–Trinajstić information content (AvgIpc) is 2.27. The molecule has 0 heterocycles. The van der Waals surface area contributed by atoms with E-state index in [9.17, 15) is 0 Å². The molecule has 0 aliphatic rings. The van der Waals surface area contributed by atoms with Gasteiger partial charge in [0.05, 0.1) is 5.75 Å². The molecule has 80 valence electrons. The summed E-state index contributed by atoms with van der Waals surface area (Å²) in [6.07, 6.45) is 0. The van der Waals surface area contributed by atoms with E-state index >= 15 is 0 Å². The zero-order chi connectivity index (χ0) is 10.9. The van der Waals surface area contributed by atoms with Crippen molar-refractivity contribution in [3.63, 3.8) is 0 Å². The van der Waals surface area contributed by atoms with Crippen LogP contribution in [0.4, 0.5) is 0 Å². The predicted octanol–water partition coefficient (Wildman–Crippen LogP) is 2.91. The van der Waals surface area contributed by atoms with E-state index in [0.29, 0.717) is 0 Å². The minimum Gasteiger partial charge on any atom is -0.313 e. The summed E-state index contributed by atoms with van der Waals surface area (Å²) in [6.45, 7) is 5.96. The molecule has 0 aliphatic heterocycles. The molecule has 2 heteroatoms. The van der Waals surface area contributed by atoms with Crippen molar-refractivity contribution in [1.82, 2.24) is 5.32 Å². The van der Waals surface area contributed by atoms with E-state index in [1.165, 1.54) is 10.5 Å². The van der Waals surface area contributed by atoms with Gasteiger partial charge in [0.2, 0.25) is 0 Å². The molecule has 1 aromatic rings. The first-order valence-corrected chi connectivity index (χ1v) is 6.17. The Kier molecular flexibility index (Phi) is 5.99. The molecule has 0 amide bonds. The second-order valence-electron chi connectivity index (χ2n) is 3.14. The molecule has 0 radical (unpaired) electrons. The van der Waals surface area contributed by atoms with Crippen molar-refractivity contribution in [3.05, 3.63) is 29.8 Å². The minimum atomic E-state index is 0.876. The van der Waals surface area contributed by atoms with Gasteiger partial charge in [-0.05, 0) is 31.2 Å². The van der Waals surface area contributed by atoms with Crippen LogP contribution in [0.3, 0.4) is 0 Å². The van der Waals surface area contributed by atoms with Crippen LogP contribution in [0.15, 0.2) is 29.2 Å². The van der Waals surface area contributed by atoms with Crippen molar-refractivity contribution in [2.24, 2.45) is 0 Å². The van der Waals surface area contributed by atoms with Crippen LogP contribution in [0.25, 0.3) is 0 Å². The molecular weight excluding hydrogens is 202 g/mol. The highest BCUT2D eigenvalue weighted by Crippen LogP contribution is 2.18. The molecule has 0 saturated heterocycles. The van der Waals surface area contributed by atoms with Gasteiger partial charge < -0.3 is 5.32 Å². The van der Waals surface area contributed by atoms with Gasteiger partial charge >= 0.3 is 0 Å². The monoisotopic (exact) mass is 219 g/mol. The molecule has 15 heavy (non-hydrogen) atoms. The standard InChI is InChI=1S/C13H17NS/c1-3-5-9-15-13-8-6-7-12(10-13)11-14-4-2/h6-8,10,14H,4,9,11H2,1-2H3. The zero-order valence-corrected chi connectivity index (χ0v) is 10.2. The second kappa shape index (κ2) is 7.39. The Morgan fingerprint density at radius 3 is 3.00 bits per heavy atom. The lowest BCUT2D eigenvalue weighted by Gasteiger charge is -2.04. The third-order valence-electron chi connectivity index (χ3n) is 1.97. The summed E-state index contributed by atoms with van der Waals surface area (Å²) in [5.41, 5.74) is 1.34. The first-order valence-electron chi connectivity index (χ1n) is 5.19. The van der Waals surface area contributed by atoms with Gasteiger partial charge in [0.1, 0.15) is 0 Å². The number of hydrogen-bond acceptors (Lipinski definition) is 2. The molecule has 0 unspecified atom stereocenters. The van der Waals surface area contributed by atoms with Gasteiger partial charge in [-0.2, -0.15) is 0 Å². The van der Waals surface area contributed by atoms with Gasteiger partial charge in [0.25, 0.3) is 0 Å². The van der Waals surface area contributed by atoms with Gasteiger partial charge in [0.15, 0.2) is 0 Å². The van der Waals surface area contributed by atoms with Crippen LogP contribution in [-0.2, 0) is 6.54 Å². The molecular formula is C13H17NS. The lowest BCUT2D eigenvalue weighted by molar-refractivity contribution is 0.725. The summed E-state index contributed by atoms with van der Waals surface area (Å²) in [4.78, 5) is 1.30. The smallest absolute Gasteiger partial charge is 0.0594 e. The lowest BCUT2D eigenvalue weighted by Crippen LogP contribution is -2.11. The number of nitrogens with one attached hydrogen (secondary N) is 1. The molecule has 1 aromatic carbocycles. The highest BCUT2D eigenvalue weighted by molar-refractivity contribution is 7.99. The number of hydrogen-bond donors (Lipinski definition) is 1. The van der Waals surface area contributed by atoms with Crippen LogP contribution < -0.4 is 5.32 Å². The Labute approximate surface area is 96.7 Å². The molecule has 0 aromatic heterocycles. The van der Waals surface area contributed by atoms with E-state index in [0.717, 1.165) is 18.8 Å². The highest BCUT2D eigenvalue weighted by Gasteiger charge is 1.95. The Bertz CT molecular complexity index is 349. The molecule has 0 fully saturated rings. The van der Waals surface area contributed by atoms with E-state index in [4.69, 9.17) is 0 Å². The SMILES string of the molecule is CC#CCSc1cccc(CNCC)c1. The van der Waals surface area contributed by atoms with E-state index in [-0.39, 0.29) is 0 Å². The third kappa shape index (κ3) is 4.92. The van der Waals surface area contributed by atoms with Crippen LogP contribution in [0.5, 0.6) is 0 Å². The zero-order valence-electron chi connectivity index (χ0n) is 9.34. The Hall–Kier alpha value is -0.910. The predicted molar refractivity (Wildman–Crippen MR) is 68.0 cm³/mol. The van der Waals surface area contributed by atoms with E-state index < -0.39 is 0 Å². The number of benzene rings is 1. The van der Waals surface area contributed by atoms with Gasteiger partial charge in [-0.15, -0.1) is 17.7 Å². The maximum atomic E-state index is 3.32. The first kappa shape index (κ1) is 12.2. The molecule has 0 atom stereocenters. The van der Waals surface area contributed by atoms with Gasteiger partial charge in [-0.25, -0.2) is 0 Å². The minimum absolute atomic E-state index is 0.876. The summed E-state index contributed by atoms with van der Waals surface area (Å²) in [5.74, 6) is 6.84. The molecule has 0 aliphatic carbocycles.